The van der Waals surface area contributed by atoms with Gasteiger partial charge >= 0.3 is 0 Å². The molecular weight excluding hydrogens is 412 g/mol. The Labute approximate surface area is 193 Å². The molecule has 0 aliphatic rings. The van der Waals surface area contributed by atoms with E-state index in [1.54, 1.807) is 48.5 Å². The molecule has 2 N–H and O–H groups in total. The average molecular weight is 437 g/mol. The van der Waals surface area contributed by atoms with Crippen molar-refractivity contribution in [2.24, 2.45) is 0 Å². The number of anilines is 2. The van der Waals surface area contributed by atoms with E-state index in [0.717, 1.165) is 11.1 Å². The van der Waals surface area contributed by atoms with Crippen LogP contribution in [0.1, 0.15) is 27.6 Å². The minimum absolute atomic E-state index is 0.242. The summed E-state index contributed by atoms with van der Waals surface area (Å²) in [5, 5.41) is 5.73. The SMILES string of the molecule is CCOc1ccccc1NC(=O)c1cccc(NC(=O)c2ccc(-c3ccccc3)cc2)c1. The van der Waals surface area contributed by atoms with Gasteiger partial charge in [-0.3, -0.25) is 9.59 Å². The molecule has 0 saturated heterocycles. The molecule has 164 valence electrons. The van der Waals surface area contributed by atoms with Crippen LogP contribution in [0.2, 0.25) is 0 Å². The number of amides is 2. The van der Waals surface area contributed by atoms with Crippen molar-refractivity contribution in [2.45, 2.75) is 6.92 Å². The molecular formula is C28H24N2O3. The summed E-state index contributed by atoms with van der Waals surface area (Å²) >= 11 is 0. The number of carbonyl (C=O) groups is 2. The van der Waals surface area contributed by atoms with Crippen LogP contribution < -0.4 is 15.4 Å². The van der Waals surface area contributed by atoms with Crippen LogP contribution in [0.15, 0.2) is 103 Å². The van der Waals surface area contributed by atoms with Crippen LogP contribution in [0.3, 0.4) is 0 Å². The normalized spacial score (nSPS) is 10.3. The van der Waals surface area contributed by atoms with E-state index in [2.05, 4.69) is 10.6 Å². The number of hydrogen-bond acceptors (Lipinski definition) is 3. The maximum Gasteiger partial charge on any atom is 0.255 e. The minimum Gasteiger partial charge on any atom is -0.492 e. The highest BCUT2D eigenvalue weighted by molar-refractivity contribution is 6.07. The Balaban J connectivity index is 1.45. The van der Waals surface area contributed by atoms with Crippen LogP contribution >= 0.6 is 0 Å². The zero-order valence-electron chi connectivity index (χ0n) is 18.2. The summed E-state index contributed by atoms with van der Waals surface area (Å²) in [6.07, 6.45) is 0. The zero-order chi connectivity index (χ0) is 23.0. The van der Waals surface area contributed by atoms with E-state index < -0.39 is 0 Å². The average Bonchev–Trinajstić information content (AvgIpc) is 2.86. The van der Waals surface area contributed by atoms with Crippen molar-refractivity contribution in [1.82, 2.24) is 0 Å². The van der Waals surface area contributed by atoms with Crippen LogP contribution in [0.4, 0.5) is 11.4 Å². The van der Waals surface area contributed by atoms with Crippen molar-refractivity contribution in [3.05, 3.63) is 114 Å². The molecule has 4 aromatic rings. The van der Waals surface area contributed by atoms with Crippen molar-refractivity contribution in [1.29, 1.82) is 0 Å². The fourth-order valence-corrected chi connectivity index (χ4v) is 3.43. The standard InChI is InChI=1S/C28H24N2O3/c1-2-33-26-14-7-6-13-25(26)30-28(32)23-11-8-12-24(19-23)29-27(31)22-17-15-21(16-18-22)20-9-4-3-5-10-20/h3-19H,2H2,1H3,(H,29,31)(H,30,32). The van der Waals surface area contributed by atoms with Crippen molar-refractivity contribution in [3.63, 3.8) is 0 Å². The largest absolute Gasteiger partial charge is 0.492 e. The number of rotatable bonds is 7. The molecule has 0 spiro atoms. The fourth-order valence-electron chi connectivity index (χ4n) is 3.43. The van der Waals surface area contributed by atoms with E-state index in [4.69, 9.17) is 4.74 Å². The number of benzene rings is 4. The molecule has 0 unspecified atom stereocenters. The van der Waals surface area contributed by atoms with E-state index in [1.807, 2.05) is 61.5 Å². The van der Waals surface area contributed by atoms with Crippen molar-refractivity contribution in [2.75, 3.05) is 17.2 Å². The lowest BCUT2D eigenvalue weighted by molar-refractivity contribution is 0.101. The third-order valence-electron chi connectivity index (χ3n) is 5.07. The number of carbonyl (C=O) groups excluding carboxylic acids is 2. The number of hydrogen-bond donors (Lipinski definition) is 2. The molecule has 2 amide bonds. The first-order valence-corrected chi connectivity index (χ1v) is 10.7. The lowest BCUT2D eigenvalue weighted by Crippen LogP contribution is -2.15. The molecule has 5 nitrogen and oxygen atoms in total. The summed E-state index contributed by atoms with van der Waals surface area (Å²) in [6, 6.07) is 31.5. The van der Waals surface area contributed by atoms with Gasteiger partial charge in [-0.05, 0) is 60.5 Å². The van der Waals surface area contributed by atoms with Gasteiger partial charge < -0.3 is 15.4 Å². The maximum absolute atomic E-state index is 12.8. The summed E-state index contributed by atoms with van der Waals surface area (Å²) in [4.78, 5) is 25.5. The van der Waals surface area contributed by atoms with Crippen molar-refractivity contribution in [3.8, 4) is 16.9 Å². The van der Waals surface area contributed by atoms with Gasteiger partial charge in [0.1, 0.15) is 5.75 Å². The Morgan fingerprint density at radius 2 is 1.33 bits per heavy atom. The Kier molecular flexibility index (Phi) is 6.81. The first-order valence-electron chi connectivity index (χ1n) is 10.7. The Hall–Kier alpha value is -4.38. The van der Waals surface area contributed by atoms with Gasteiger partial charge in [0.2, 0.25) is 0 Å². The topological polar surface area (TPSA) is 67.4 Å². The molecule has 0 atom stereocenters. The van der Waals surface area contributed by atoms with E-state index in [0.29, 0.717) is 34.9 Å². The third-order valence-corrected chi connectivity index (χ3v) is 5.07. The Morgan fingerprint density at radius 1 is 0.667 bits per heavy atom. The Bertz CT molecular complexity index is 1250. The van der Waals surface area contributed by atoms with E-state index in [1.165, 1.54) is 0 Å². The predicted octanol–water partition coefficient (Wildman–Crippen LogP) is 6.26. The molecule has 33 heavy (non-hydrogen) atoms. The lowest BCUT2D eigenvalue weighted by Gasteiger charge is -2.12. The second-order valence-corrected chi connectivity index (χ2v) is 7.36. The van der Waals surface area contributed by atoms with Crippen LogP contribution in [0.25, 0.3) is 11.1 Å². The van der Waals surface area contributed by atoms with Crippen molar-refractivity contribution < 1.29 is 14.3 Å². The minimum atomic E-state index is -0.287. The molecule has 0 aliphatic carbocycles. The fraction of sp³-hybridized carbons (Fsp3) is 0.0714. The molecule has 0 radical (unpaired) electrons. The second-order valence-electron chi connectivity index (χ2n) is 7.36. The third kappa shape index (κ3) is 5.46. The number of ether oxygens (including phenoxy) is 1. The first kappa shape index (κ1) is 21.8. The van der Waals surface area contributed by atoms with Gasteiger partial charge in [-0.1, -0.05) is 60.7 Å². The highest BCUT2D eigenvalue weighted by Gasteiger charge is 2.12. The molecule has 0 saturated carbocycles. The quantitative estimate of drug-likeness (QED) is 0.359. The van der Waals surface area contributed by atoms with Gasteiger partial charge in [-0.15, -0.1) is 0 Å². The van der Waals surface area contributed by atoms with Gasteiger partial charge in [0, 0.05) is 16.8 Å². The number of nitrogens with one attached hydrogen (secondary N) is 2. The summed E-state index contributed by atoms with van der Waals surface area (Å²) < 4.78 is 5.56. The molecule has 4 aromatic carbocycles. The molecule has 4 rings (SSSR count). The number of para-hydroxylation sites is 2. The van der Waals surface area contributed by atoms with Crippen LogP contribution in [0, 0.1) is 0 Å². The van der Waals surface area contributed by atoms with Gasteiger partial charge in [0.25, 0.3) is 11.8 Å². The van der Waals surface area contributed by atoms with Crippen LogP contribution in [-0.2, 0) is 0 Å². The van der Waals surface area contributed by atoms with Crippen LogP contribution in [-0.4, -0.2) is 18.4 Å². The summed E-state index contributed by atoms with van der Waals surface area (Å²) in [7, 11) is 0. The lowest BCUT2D eigenvalue weighted by atomic mass is 10.0. The highest BCUT2D eigenvalue weighted by atomic mass is 16.5. The molecule has 0 bridgehead atoms. The maximum atomic E-state index is 12.8. The molecule has 0 fully saturated rings. The summed E-state index contributed by atoms with van der Waals surface area (Å²) in [5.74, 6) is 0.0797. The second kappa shape index (κ2) is 10.3. The molecule has 0 aliphatic heterocycles. The first-order chi connectivity index (χ1) is 16.1. The van der Waals surface area contributed by atoms with Gasteiger partial charge in [-0.2, -0.15) is 0 Å². The van der Waals surface area contributed by atoms with E-state index in [-0.39, 0.29) is 11.8 Å². The Morgan fingerprint density at radius 3 is 2.09 bits per heavy atom. The molecule has 0 aromatic heterocycles. The van der Waals surface area contributed by atoms with Gasteiger partial charge in [-0.25, -0.2) is 0 Å². The van der Waals surface area contributed by atoms with Gasteiger partial charge in [0.05, 0.1) is 12.3 Å². The molecule has 5 heteroatoms. The smallest absolute Gasteiger partial charge is 0.255 e. The summed E-state index contributed by atoms with van der Waals surface area (Å²) in [5.41, 5.74) is 4.23. The monoisotopic (exact) mass is 436 g/mol. The summed E-state index contributed by atoms with van der Waals surface area (Å²) in [6.45, 7) is 2.39. The highest BCUT2D eigenvalue weighted by Crippen LogP contribution is 2.25. The van der Waals surface area contributed by atoms with Crippen molar-refractivity contribution >= 4 is 23.2 Å². The van der Waals surface area contributed by atoms with E-state index in [9.17, 15) is 9.59 Å². The van der Waals surface area contributed by atoms with Crippen LogP contribution in [0.5, 0.6) is 5.75 Å². The van der Waals surface area contributed by atoms with E-state index >= 15 is 0 Å². The zero-order valence-corrected chi connectivity index (χ0v) is 18.2. The molecule has 0 heterocycles. The van der Waals surface area contributed by atoms with Gasteiger partial charge in [0.15, 0.2) is 0 Å². The predicted molar refractivity (Wildman–Crippen MR) is 132 cm³/mol.